The summed E-state index contributed by atoms with van der Waals surface area (Å²) in [6.07, 6.45) is 7.92. The molecular formula is C37H41F2N8O4+. The average Bonchev–Trinajstić information content (AvgIpc) is 3.50. The zero-order valence-corrected chi connectivity index (χ0v) is 28.5. The Morgan fingerprint density at radius 1 is 1.12 bits per heavy atom. The highest BCUT2D eigenvalue weighted by atomic mass is 19.2. The minimum absolute atomic E-state index is 0.0115. The molecule has 4 heterocycles. The van der Waals surface area contributed by atoms with E-state index < -0.39 is 29.2 Å². The SMILES string of the molecule is C[C@@H](O)CN(C)Cc1cc(O)ccc1-c1cccc(-n2c(=O)n(C3CCC(NCC4=C[NH+]5CN(F)C=CC5=N4)CC3)c(=O)c3cc(F)cnc32)c1. The number of nitrogens with zero attached hydrogens (tertiary/aromatic N) is 6. The number of benzene rings is 2. The van der Waals surface area contributed by atoms with Gasteiger partial charge in [-0.05, 0) is 86.7 Å². The maximum Gasteiger partial charge on any atom is 0.337 e. The Morgan fingerprint density at radius 3 is 2.71 bits per heavy atom. The van der Waals surface area contributed by atoms with E-state index in [0.717, 1.165) is 45.4 Å². The molecule has 0 spiro atoms. The van der Waals surface area contributed by atoms with Crippen molar-refractivity contribution in [3.63, 3.8) is 0 Å². The molecule has 1 fully saturated rings. The molecule has 2 aromatic heterocycles. The number of aromatic nitrogens is 3. The third-order valence-corrected chi connectivity index (χ3v) is 9.70. The highest BCUT2D eigenvalue weighted by molar-refractivity contribution is 5.88. The van der Waals surface area contributed by atoms with Gasteiger partial charge in [0.1, 0.15) is 23.5 Å². The number of aliphatic imine (C=N–C) groups is 1. The molecule has 266 valence electrons. The lowest BCUT2D eigenvalue weighted by Crippen LogP contribution is -3.11. The lowest BCUT2D eigenvalue weighted by atomic mass is 9.91. The van der Waals surface area contributed by atoms with Crippen molar-refractivity contribution in [2.45, 2.75) is 57.3 Å². The third kappa shape index (κ3) is 7.26. The van der Waals surface area contributed by atoms with Gasteiger partial charge >= 0.3 is 5.69 Å². The summed E-state index contributed by atoms with van der Waals surface area (Å²) in [5, 5.41) is 24.4. The molecular weight excluding hydrogens is 658 g/mol. The van der Waals surface area contributed by atoms with Crippen LogP contribution in [0.4, 0.5) is 8.87 Å². The third-order valence-electron chi connectivity index (χ3n) is 9.70. The Hall–Kier alpha value is -5.02. The summed E-state index contributed by atoms with van der Waals surface area (Å²) >= 11 is 0. The minimum atomic E-state index is -0.675. The number of amidine groups is 1. The van der Waals surface area contributed by atoms with Gasteiger partial charge in [-0.2, -0.15) is 10.1 Å². The molecule has 0 amide bonds. The van der Waals surface area contributed by atoms with Gasteiger partial charge < -0.3 is 15.5 Å². The van der Waals surface area contributed by atoms with Crippen molar-refractivity contribution < 1.29 is 24.0 Å². The van der Waals surface area contributed by atoms with Crippen LogP contribution < -0.4 is 21.5 Å². The standard InChI is InChI=1S/C37H40F2N8O4/c1-23(48)19-43(2)20-25-15-31(49)10-11-32(25)24-4-3-5-30(14-24)46-35-33(16-26(38)17-41-35)36(50)47(37(46)51)29-8-6-27(7-9-29)40-18-28-21-44-22-45(39)13-12-34(44)42-28/h3-5,10-17,21,23,27,29,40,48-49H,6-9,18-20,22H2,1-2H3/p+1/t23-,27?,29?/m1/s1. The first kappa shape index (κ1) is 34.4. The van der Waals surface area contributed by atoms with Crippen LogP contribution in [0.5, 0.6) is 5.75 Å². The van der Waals surface area contributed by atoms with Crippen molar-refractivity contribution in [1.82, 2.24) is 29.5 Å². The number of quaternary nitrogens is 1. The van der Waals surface area contributed by atoms with Crippen molar-refractivity contribution in [2.24, 2.45) is 4.99 Å². The Bertz CT molecular complexity index is 2170. The van der Waals surface area contributed by atoms with Gasteiger partial charge in [0.05, 0.1) is 23.4 Å². The summed E-state index contributed by atoms with van der Waals surface area (Å²) in [6.45, 7) is 3.29. The van der Waals surface area contributed by atoms with Crippen LogP contribution in [0.25, 0.3) is 27.8 Å². The number of likely N-dealkylation sites (N-methyl/N-ethyl adjacent to an activating group) is 1. The van der Waals surface area contributed by atoms with E-state index in [9.17, 15) is 28.7 Å². The average molecular weight is 700 g/mol. The molecule has 2 atom stereocenters. The molecule has 1 aliphatic carbocycles. The quantitative estimate of drug-likeness (QED) is 0.186. The minimum Gasteiger partial charge on any atom is -0.508 e. The maximum absolute atomic E-state index is 14.6. The van der Waals surface area contributed by atoms with Gasteiger partial charge in [0, 0.05) is 44.0 Å². The molecule has 0 radical (unpaired) electrons. The van der Waals surface area contributed by atoms with E-state index >= 15 is 0 Å². The van der Waals surface area contributed by atoms with Crippen molar-refractivity contribution >= 4 is 16.9 Å². The number of aliphatic hydroxyl groups excluding tert-OH is 1. The summed E-state index contributed by atoms with van der Waals surface area (Å²) in [5.74, 6) is 0.205. The van der Waals surface area contributed by atoms with E-state index in [1.807, 2.05) is 30.3 Å². The number of nitrogens with one attached hydrogen (secondary N) is 2. The van der Waals surface area contributed by atoms with Gasteiger partial charge in [-0.3, -0.25) is 14.3 Å². The van der Waals surface area contributed by atoms with E-state index in [0.29, 0.717) is 56.1 Å². The van der Waals surface area contributed by atoms with Gasteiger partial charge in [-0.1, -0.05) is 22.7 Å². The van der Waals surface area contributed by atoms with E-state index in [-0.39, 0.29) is 29.5 Å². The Labute approximate surface area is 292 Å². The molecule has 4 aromatic rings. The Morgan fingerprint density at radius 2 is 1.92 bits per heavy atom. The largest absolute Gasteiger partial charge is 0.508 e. The molecule has 1 saturated carbocycles. The van der Waals surface area contributed by atoms with E-state index in [1.54, 1.807) is 43.3 Å². The molecule has 7 rings (SSSR count). The monoisotopic (exact) mass is 699 g/mol. The summed E-state index contributed by atoms with van der Waals surface area (Å²) in [7, 11) is 1.88. The number of phenols is 1. The second-order valence-electron chi connectivity index (χ2n) is 13.7. The van der Waals surface area contributed by atoms with Crippen LogP contribution in [0.3, 0.4) is 0 Å². The Kier molecular flexibility index (Phi) is 9.66. The fourth-order valence-corrected chi connectivity index (χ4v) is 7.40. The van der Waals surface area contributed by atoms with Gasteiger partial charge in [0.2, 0.25) is 5.84 Å². The van der Waals surface area contributed by atoms with Crippen molar-refractivity contribution in [3.05, 3.63) is 111 Å². The normalized spacial score (nSPS) is 20.8. The molecule has 51 heavy (non-hydrogen) atoms. The summed E-state index contributed by atoms with van der Waals surface area (Å²) in [5.41, 5.74) is 2.63. The lowest BCUT2D eigenvalue weighted by Gasteiger charge is -2.30. The van der Waals surface area contributed by atoms with Gasteiger partial charge in [0.15, 0.2) is 12.3 Å². The fraction of sp³-hybridized carbons (Fsp3) is 0.351. The Balaban J connectivity index is 1.17. The predicted octanol–water partition coefficient (Wildman–Crippen LogP) is 2.75. The highest BCUT2D eigenvalue weighted by Gasteiger charge is 2.30. The summed E-state index contributed by atoms with van der Waals surface area (Å²) in [6, 6.07) is 13.2. The maximum atomic E-state index is 14.6. The fourth-order valence-electron chi connectivity index (χ4n) is 7.40. The van der Waals surface area contributed by atoms with Crippen LogP contribution in [0.15, 0.2) is 93.5 Å². The van der Waals surface area contributed by atoms with Crippen molar-refractivity contribution in [3.8, 4) is 22.6 Å². The zero-order chi connectivity index (χ0) is 35.8. The molecule has 2 aromatic carbocycles. The first-order valence-corrected chi connectivity index (χ1v) is 17.2. The van der Waals surface area contributed by atoms with E-state index in [4.69, 9.17) is 0 Å². The zero-order valence-electron chi connectivity index (χ0n) is 28.5. The van der Waals surface area contributed by atoms with Gasteiger partial charge in [0.25, 0.3) is 5.56 Å². The van der Waals surface area contributed by atoms with Crippen molar-refractivity contribution in [1.29, 1.82) is 0 Å². The van der Waals surface area contributed by atoms with Crippen LogP contribution >= 0.6 is 0 Å². The van der Waals surface area contributed by atoms with E-state index in [2.05, 4.69) is 15.3 Å². The highest BCUT2D eigenvalue weighted by Crippen LogP contribution is 2.31. The number of aromatic hydroxyl groups is 1. The number of aliphatic hydroxyl groups is 1. The lowest BCUT2D eigenvalue weighted by molar-refractivity contribution is -0.763. The second kappa shape index (κ2) is 14.3. The van der Waals surface area contributed by atoms with Gasteiger partial charge in [-0.25, -0.2) is 23.6 Å². The van der Waals surface area contributed by atoms with Crippen LogP contribution in [0.2, 0.25) is 0 Å². The molecule has 12 nitrogen and oxygen atoms in total. The summed E-state index contributed by atoms with van der Waals surface area (Å²) in [4.78, 5) is 39.9. The predicted molar refractivity (Wildman–Crippen MR) is 189 cm³/mol. The molecule has 4 N–H and O–H groups in total. The van der Waals surface area contributed by atoms with Crippen LogP contribution in [-0.2, 0) is 6.54 Å². The number of phenolic OH excluding ortho intramolecular Hbond substituents is 1. The van der Waals surface area contributed by atoms with Gasteiger partial charge in [-0.15, -0.1) is 0 Å². The summed E-state index contributed by atoms with van der Waals surface area (Å²) < 4.78 is 30.8. The molecule has 14 heteroatoms. The number of fused-ring (bicyclic) bond motifs is 2. The van der Waals surface area contributed by atoms with Crippen LogP contribution in [-0.4, -0.2) is 79.1 Å². The molecule has 2 aliphatic heterocycles. The number of rotatable bonds is 10. The number of halogens is 2. The number of pyridine rings is 1. The smallest absolute Gasteiger partial charge is 0.337 e. The van der Waals surface area contributed by atoms with E-state index in [1.165, 1.54) is 15.3 Å². The second-order valence-corrected chi connectivity index (χ2v) is 13.7. The number of hydrogen-bond donors (Lipinski definition) is 4. The molecule has 0 bridgehead atoms. The van der Waals surface area contributed by atoms with Crippen LogP contribution in [0.1, 0.15) is 44.2 Å². The molecule has 3 aliphatic rings. The first-order valence-electron chi connectivity index (χ1n) is 17.2. The molecule has 0 saturated heterocycles. The topological polar surface area (TPSA) is 133 Å². The van der Waals surface area contributed by atoms with Crippen molar-refractivity contribution in [2.75, 3.05) is 26.8 Å². The van der Waals surface area contributed by atoms with Crippen LogP contribution in [0, 0.1) is 5.82 Å². The molecule has 1 unspecified atom stereocenters. The first-order chi connectivity index (χ1) is 24.5. The number of hydrogen-bond acceptors (Lipinski definition) is 9.